The molecule has 0 radical (unpaired) electrons. The van der Waals surface area contributed by atoms with Crippen LogP contribution in [0.3, 0.4) is 0 Å². The van der Waals surface area contributed by atoms with Crippen molar-refractivity contribution in [3.8, 4) is 33.4 Å². The van der Waals surface area contributed by atoms with Gasteiger partial charge in [0.15, 0.2) is 0 Å². The zero-order valence-corrected chi connectivity index (χ0v) is 22.5. The second kappa shape index (κ2) is 9.44. The highest BCUT2D eigenvalue weighted by Gasteiger charge is 2.21. The Balaban J connectivity index is 1.48. The molecule has 8 aromatic carbocycles. The van der Waals surface area contributed by atoms with Crippen LogP contribution >= 0.6 is 0 Å². The summed E-state index contributed by atoms with van der Waals surface area (Å²) in [6, 6.07) is 20.6. The monoisotopic (exact) mass is 558 g/mol. The van der Waals surface area contributed by atoms with Crippen LogP contribution in [0.5, 0.6) is 0 Å². The fourth-order valence-electron chi connectivity index (χ4n) is 6.18. The molecule has 200 valence electrons. The minimum Gasteiger partial charge on any atom is -0.456 e. The molecule has 1 nitrogen and oxygen atoms in total. The molecule has 1 heterocycles. The first kappa shape index (κ1) is 15.0. The average molecular weight is 559 g/mol. The van der Waals surface area contributed by atoms with Gasteiger partial charge in [-0.05, 0) is 89.9 Å². The summed E-state index contributed by atoms with van der Waals surface area (Å²) in [4.78, 5) is 0. The topological polar surface area (TPSA) is 13.1 Å². The van der Waals surface area contributed by atoms with E-state index in [0.717, 1.165) is 10.8 Å². The fraction of sp³-hybridized carbons (Fsp3) is 0. The molecule has 0 spiro atoms. The zero-order chi connectivity index (χ0) is 38.8. The van der Waals surface area contributed by atoms with E-state index in [1.165, 1.54) is 0 Å². The van der Waals surface area contributed by atoms with E-state index in [0.29, 0.717) is 55.0 Å². The van der Waals surface area contributed by atoms with Crippen molar-refractivity contribution in [2.75, 3.05) is 0 Å². The molecule has 0 unspecified atom stereocenters. The largest absolute Gasteiger partial charge is 0.456 e. The summed E-state index contributed by atoms with van der Waals surface area (Å²) in [6.45, 7) is 0. The molecule has 9 aromatic rings. The van der Waals surface area contributed by atoms with Crippen molar-refractivity contribution in [1.29, 1.82) is 0 Å². The number of furan rings is 1. The molecule has 0 aliphatic rings. The van der Waals surface area contributed by atoms with Gasteiger partial charge >= 0.3 is 0 Å². The van der Waals surface area contributed by atoms with Gasteiger partial charge < -0.3 is 4.42 Å². The number of para-hydroxylation sites is 1. The number of benzene rings is 8. The minimum atomic E-state index is -0.540. The van der Waals surface area contributed by atoms with E-state index < -0.39 is 48.3 Å². The molecule has 0 aliphatic heterocycles. The maximum absolute atomic E-state index is 9.43. The first-order chi connectivity index (χ1) is 26.3. The normalized spacial score (nSPS) is 15.6. The molecular formula is C42H26O. The first-order valence-electron chi connectivity index (χ1n) is 19.8. The highest BCUT2D eigenvalue weighted by atomic mass is 16.3. The fourth-order valence-corrected chi connectivity index (χ4v) is 6.18. The first-order valence-corrected chi connectivity index (χ1v) is 13.8. The molecule has 0 aliphatic carbocycles. The van der Waals surface area contributed by atoms with Gasteiger partial charge in [-0.15, -0.1) is 0 Å². The van der Waals surface area contributed by atoms with Gasteiger partial charge in [0.2, 0.25) is 0 Å². The van der Waals surface area contributed by atoms with Gasteiger partial charge in [-0.3, -0.25) is 0 Å². The van der Waals surface area contributed by atoms with E-state index in [1.54, 1.807) is 6.07 Å². The average Bonchev–Trinajstić information content (AvgIpc) is 3.57. The Morgan fingerprint density at radius 1 is 0.442 bits per heavy atom. The van der Waals surface area contributed by atoms with Gasteiger partial charge in [0, 0.05) is 10.8 Å². The van der Waals surface area contributed by atoms with Crippen LogP contribution in [0.25, 0.3) is 87.6 Å². The highest BCUT2D eigenvalue weighted by molar-refractivity contribution is 6.26. The quantitative estimate of drug-likeness (QED) is 0.197. The van der Waals surface area contributed by atoms with E-state index in [4.69, 9.17) is 18.1 Å². The van der Waals surface area contributed by atoms with Crippen molar-refractivity contribution in [3.05, 3.63) is 157 Å². The number of hydrogen-bond donors (Lipinski definition) is 0. The highest BCUT2D eigenvalue weighted by Crippen LogP contribution is 2.48. The third-order valence-corrected chi connectivity index (χ3v) is 7.97. The SMILES string of the molecule is [2H]c1c([2H])c([2H])c(-c2cc(-c3c4ccccc4c(-c4c([2H])c([2H])c5c([2H])c([2H])c([2H])c([2H])c5c4[2H])c4ccccc34)c3c(c2)oc2ccccc23)c([2H])c1[2H]. The Morgan fingerprint density at radius 3 is 1.77 bits per heavy atom. The van der Waals surface area contributed by atoms with E-state index in [9.17, 15) is 2.74 Å². The molecule has 0 fully saturated rings. The Bertz CT molecular complexity index is 3100. The van der Waals surface area contributed by atoms with Crippen LogP contribution in [-0.2, 0) is 0 Å². The van der Waals surface area contributed by atoms with Gasteiger partial charge in [-0.25, -0.2) is 0 Å². The predicted octanol–water partition coefficient (Wildman–Crippen LogP) is 12.0. The lowest BCUT2D eigenvalue weighted by molar-refractivity contribution is 0.669. The maximum Gasteiger partial charge on any atom is 0.136 e. The third-order valence-electron chi connectivity index (χ3n) is 7.97. The summed E-state index contributed by atoms with van der Waals surface area (Å²) in [5.74, 6) is 0. The predicted molar refractivity (Wildman–Crippen MR) is 183 cm³/mol. The van der Waals surface area contributed by atoms with Gasteiger partial charge in [0.25, 0.3) is 0 Å². The lowest BCUT2D eigenvalue weighted by Crippen LogP contribution is -1.92. The van der Waals surface area contributed by atoms with E-state index in [-0.39, 0.29) is 46.1 Å². The third kappa shape index (κ3) is 3.72. The van der Waals surface area contributed by atoms with Crippen molar-refractivity contribution in [1.82, 2.24) is 0 Å². The maximum atomic E-state index is 9.43. The van der Waals surface area contributed by atoms with Crippen molar-refractivity contribution < 1.29 is 20.9 Å². The van der Waals surface area contributed by atoms with Gasteiger partial charge in [-0.2, -0.15) is 0 Å². The Morgan fingerprint density at radius 2 is 1.05 bits per heavy atom. The van der Waals surface area contributed by atoms with Crippen LogP contribution < -0.4 is 0 Å². The molecular weight excluding hydrogens is 520 g/mol. The van der Waals surface area contributed by atoms with Crippen LogP contribution in [0.2, 0.25) is 0 Å². The Labute approximate surface area is 266 Å². The molecule has 0 N–H and O–H groups in total. The Kier molecular flexibility index (Phi) is 3.29. The van der Waals surface area contributed by atoms with Crippen molar-refractivity contribution >= 4 is 54.3 Å². The van der Waals surface area contributed by atoms with E-state index in [2.05, 4.69) is 0 Å². The molecule has 9 rings (SSSR count). The molecule has 43 heavy (non-hydrogen) atoms. The molecule has 0 atom stereocenters. The number of fused-ring (bicyclic) bond motifs is 6. The summed E-state index contributed by atoms with van der Waals surface area (Å²) in [7, 11) is 0. The lowest BCUT2D eigenvalue weighted by atomic mass is 9.84. The molecule has 0 saturated carbocycles. The van der Waals surface area contributed by atoms with Crippen LogP contribution in [0, 0.1) is 0 Å². The molecule has 1 heteroatoms. The molecule has 0 saturated heterocycles. The summed E-state index contributed by atoms with van der Waals surface area (Å²) < 4.78 is 111. The number of rotatable bonds is 3. The minimum absolute atomic E-state index is 0.0150. The number of hydrogen-bond acceptors (Lipinski definition) is 1. The van der Waals surface area contributed by atoms with Crippen molar-refractivity contribution in [2.24, 2.45) is 0 Å². The van der Waals surface area contributed by atoms with E-state index >= 15 is 0 Å². The molecule has 0 bridgehead atoms. The van der Waals surface area contributed by atoms with Gasteiger partial charge in [0.05, 0.1) is 16.4 Å². The van der Waals surface area contributed by atoms with Crippen LogP contribution in [-0.4, -0.2) is 0 Å². The zero-order valence-electron chi connectivity index (χ0n) is 34.5. The van der Waals surface area contributed by atoms with Gasteiger partial charge in [-0.1, -0.05) is 133 Å². The molecule has 1 aromatic heterocycles. The summed E-state index contributed by atoms with van der Waals surface area (Å²) in [6.07, 6.45) is 0. The smallest absolute Gasteiger partial charge is 0.136 e. The summed E-state index contributed by atoms with van der Waals surface area (Å²) >= 11 is 0. The summed E-state index contributed by atoms with van der Waals surface area (Å²) in [5, 5.41) is 3.77. The lowest BCUT2D eigenvalue weighted by Gasteiger charge is -2.19. The van der Waals surface area contributed by atoms with Crippen molar-refractivity contribution in [3.63, 3.8) is 0 Å². The summed E-state index contributed by atoms with van der Waals surface area (Å²) in [5.41, 5.74) is 3.24. The second-order valence-corrected chi connectivity index (χ2v) is 10.3. The standard InChI is InChI=1S/C42H26O/c1-2-12-27(13-3-1)31-25-37(42-36-20-10-11-21-38(36)43-39(42)26-31)41-34-18-8-6-16-32(34)40(33-17-7-9-19-35(33)41)30-23-22-28-14-4-5-15-29(28)24-30/h1-26H/i1D,2D,3D,4D,5D,12D,13D,14D,15D,22D,23D,24D. The molecule has 0 amide bonds. The van der Waals surface area contributed by atoms with Crippen LogP contribution in [0.4, 0.5) is 0 Å². The van der Waals surface area contributed by atoms with E-state index in [1.807, 2.05) is 78.9 Å². The van der Waals surface area contributed by atoms with Crippen LogP contribution in [0.1, 0.15) is 16.4 Å². The second-order valence-electron chi connectivity index (χ2n) is 10.3. The van der Waals surface area contributed by atoms with Crippen molar-refractivity contribution in [2.45, 2.75) is 0 Å². The van der Waals surface area contributed by atoms with Crippen LogP contribution in [0.15, 0.2) is 162 Å². The van der Waals surface area contributed by atoms with Gasteiger partial charge in [0.1, 0.15) is 11.2 Å². The Hall–Kier alpha value is -5.66.